The molecule has 0 saturated carbocycles. The summed E-state index contributed by atoms with van der Waals surface area (Å²) in [6.07, 6.45) is 6.36. The molecule has 0 atom stereocenters. The molecule has 186 valence electrons. The molecule has 4 aromatic rings. The number of ether oxygens (including phenoxy) is 1. The van der Waals surface area contributed by atoms with Gasteiger partial charge in [-0.1, -0.05) is 25.7 Å². The fourth-order valence-electron chi connectivity index (χ4n) is 3.83. The largest absolute Gasteiger partial charge is 0.366 e. The lowest BCUT2D eigenvalue weighted by Gasteiger charge is -2.15. The summed E-state index contributed by atoms with van der Waals surface area (Å²) in [5.41, 5.74) is 9.81. The minimum atomic E-state index is -1.23. The number of nitrogens with one attached hydrogen (secondary N) is 1. The number of aromatic nitrogens is 4. The molecular formula is C26H30N6O3Si. The lowest BCUT2D eigenvalue weighted by molar-refractivity contribution is 0.0809. The molecule has 0 radical (unpaired) electrons. The summed E-state index contributed by atoms with van der Waals surface area (Å²) in [5, 5.41) is 8.15. The molecule has 10 heteroatoms. The molecule has 4 rings (SSSR count). The molecule has 0 unspecified atom stereocenters. The van der Waals surface area contributed by atoms with Gasteiger partial charge in [-0.15, -0.1) is 0 Å². The van der Waals surface area contributed by atoms with Crippen LogP contribution in [0.15, 0.2) is 55.1 Å². The highest BCUT2D eigenvalue weighted by Crippen LogP contribution is 2.30. The van der Waals surface area contributed by atoms with Gasteiger partial charge in [-0.2, -0.15) is 5.10 Å². The maximum Gasteiger partial charge on any atom is 0.276 e. The second-order valence-corrected chi connectivity index (χ2v) is 15.5. The first-order valence-corrected chi connectivity index (χ1v) is 15.4. The Labute approximate surface area is 210 Å². The molecule has 0 bridgehead atoms. The Morgan fingerprint density at radius 3 is 2.53 bits per heavy atom. The number of hydrogen-bond donors (Lipinski definition) is 2. The second kappa shape index (κ2) is 10.4. The van der Waals surface area contributed by atoms with Gasteiger partial charge < -0.3 is 15.8 Å². The number of carbonyl (C=O) groups excluding carboxylic acids is 2. The van der Waals surface area contributed by atoms with Crippen LogP contribution in [-0.2, 0) is 11.5 Å². The van der Waals surface area contributed by atoms with Crippen molar-refractivity contribution in [2.45, 2.75) is 39.3 Å². The predicted molar refractivity (Wildman–Crippen MR) is 143 cm³/mol. The third-order valence-corrected chi connectivity index (χ3v) is 7.61. The van der Waals surface area contributed by atoms with Crippen molar-refractivity contribution in [2.24, 2.45) is 5.73 Å². The number of fused-ring (bicyclic) bond motifs is 1. The van der Waals surface area contributed by atoms with E-state index in [1.807, 2.05) is 25.1 Å². The van der Waals surface area contributed by atoms with Gasteiger partial charge in [-0.25, -0.2) is 4.68 Å². The fourth-order valence-corrected chi connectivity index (χ4v) is 4.59. The Hall–Kier alpha value is -3.89. The number of amides is 2. The van der Waals surface area contributed by atoms with Gasteiger partial charge >= 0.3 is 0 Å². The Morgan fingerprint density at radius 1 is 1.08 bits per heavy atom. The monoisotopic (exact) mass is 502 g/mol. The van der Waals surface area contributed by atoms with Crippen LogP contribution in [0.25, 0.3) is 22.0 Å². The lowest BCUT2D eigenvalue weighted by atomic mass is 9.97. The molecule has 0 spiro atoms. The smallest absolute Gasteiger partial charge is 0.276 e. The normalized spacial score (nSPS) is 11.6. The van der Waals surface area contributed by atoms with E-state index in [-0.39, 0.29) is 18.3 Å². The van der Waals surface area contributed by atoms with Crippen molar-refractivity contribution in [3.8, 4) is 11.1 Å². The van der Waals surface area contributed by atoms with Crippen molar-refractivity contribution in [3.05, 3.63) is 71.9 Å². The van der Waals surface area contributed by atoms with Crippen molar-refractivity contribution in [1.82, 2.24) is 19.7 Å². The maximum atomic E-state index is 13.2. The first kappa shape index (κ1) is 25.2. The Morgan fingerprint density at radius 2 is 1.83 bits per heavy atom. The van der Waals surface area contributed by atoms with Crippen LogP contribution in [0.1, 0.15) is 26.4 Å². The third kappa shape index (κ3) is 5.66. The summed E-state index contributed by atoms with van der Waals surface area (Å²) in [6.45, 7) is 9.60. The SMILES string of the molecule is Cc1c(C(N)=O)cncc1-c1ccc2c(c1)c(C(=O)Nc1ccncc1)nn2COCC[Si](C)(C)C. The van der Waals surface area contributed by atoms with Crippen LogP contribution in [0.2, 0.25) is 25.7 Å². The number of nitrogens with two attached hydrogens (primary N) is 1. The summed E-state index contributed by atoms with van der Waals surface area (Å²) in [6, 6.07) is 10.2. The van der Waals surface area contributed by atoms with Crippen molar-refractivity contribution in [1.29, 1.82) is 0 Å². The van der Waals surface area contributed by atoms with Gasteiger partial charge in [0.05, 0.1) is 11.1 Å². The number of carbonyl (C=O) groups is 2. The van der Waals surface area contributed by atoms with E-state index in [1.54, 1.807) is 35.4 Å². The third-order valence-electron chi connectivity index (χ3n) is 5.91. The first-order chi connectivity index (χ1) is 17.1. The van der Waals surface area contributed by atoms with Crippen LogP contribution < -0.4 is 11.1 Å². The van der Waals surface area contributed by atoms with E-state index in [0.717, 1.165) is 28.3 Å². The second-order valence-electron chi connectivity index (χ2n) is 9.84. The minimum absolute atomic E-state index is 0.237. The van der Waals surface area contributed by atoms with Crippen molar-refractivity contribution in [2.75, 3.05) is 11.9 Å². The number of hydrogen-bond acceptors (Lipinski definition) is 6. The van der Waals surface area contributed by atoms with Crippen LogP contribution >= 0.6 is 0 Å². The summed E-state index contributed by atoms with van der Waals surface area (Å²) in [4.78, 5) is 33.2. The summed E-state index contributed by atoms with van der Waals surface area (Å²) in [5.74, 6) is -0.881. The molecular weight excluding hydrogens is 472 g/mol. The average Bonchev–Trinajstić information content (AvgIpc) is 3.20. The summed E-state index contributed by atoms with van der Waals surface area (Å²) in [7, 11) is -1.23. The topological polar surface area (TPSA) is 125 Å². The average molecular weight is 503 g/mol. The molecule has 3 N–H and O–H groups in total. The van der Waals surface area contributed by atoms with Crippen molar-refractivity contribution in [3.63, 3.8) is 0 Å². The zero-order valence-electron chi connectivity index (χ0n) is 20.9. The first-order valence-electron chi connectivity index (χ1n) is 11.7. The van der Waals surface area contributed by atoms with E-state index < -0.39 is 14.0 Å². The molecule has 0 fully saturated rings. The Bertz CT molecular complexity index is 1410. The molecule has 0 saturated heterocycles. The number of nitrogens with zero attached hydrogens (tertiary/aromatic N) is 4. The van der Waals surface area contributed by atoms with Crippen molar-refractivity contribution < 1.29 is 14.3 Å². The van der Waals surface area contributed by atoms with Crippen LogP contribution in [0.4, 0.5) is 5.69 Å². The predicted octanol–water partition coefficient (Wildman–Crippen LogP) is 4.47. The molecule has 3 aromatic heterocycles. The van der Waals surface area contributed by atoms with Crippen LogP contribution in [0.5, 0.6) is 0 Å². The molecule has 36 heavy (non-hydrogen) atoms. The van der Waals surface area contributed by atoms with E-state index in [0.29, 0.717) is 23.2 Å². The lowest BCUT2D eigenvalue weighted by Crippen LogP contribution is -2.22. The Kier molecular flexibility index (Phi) is 7.27. The zero-order valence-corrected chi connectivity index (χ0v) is 21.9. The van der Waals surface area contributed by atoms with Gasteiger partial charge in [0, 0.05) is 56.1 Å². The van der Waals surface area contributed by atoms with Gasteiger partial charge in [0.1, 0.15) is 6.73 Å². The number of pyridine rings is 2. The van der Waals surface area contributed by atoms with Crippen molar-refractivity contribution >= 4 is 36.5 Å². The van der Waals surface area contributed by atoms with E-state index in [2.05, 4.69) is 40.0 Å². The summed E-state index contributed by atoms with van der Waals surface area (Å²) >= 11 is 0. The van der Waals surface area contributed by atoms with Gasteiger partial charge in [-0.3, -0.25) is 19.6 Å². The van der Waals surface area contributed by atoms with Gasteiger partial charge in [0.2, 0.25) is 0 Å². The maximum absolute atomic E-state index is 13.2. The molecule has 0 aliphatic rings. The number of benzene rings is 1. The fraction of sp³-hybridized carbons (Fsp3) is 0.269. The van der Waals surface area contributed by atoms with E-state index in [4.69, 9.17) is 10.5 Å². The highest BCUT2D eigenvalue weighted by molar-refractivity contribution is 6.76. The molecule has 0 aliphatic carbocycles. The minimum Gasteiger partial charge on any atom is -0.366 e. The van der Waals surface area contributed by atoms with Gasteiger partial charge in [-0.05, 0) is 48.4 Å². The van der Waals surface area contributed by atoms with E-state index >= 15 is 0 Å². The number of primary amides is 1. The van der Waals surface area contributed by atoms with Crippen LogP contribution in [-0.4, -0.2) is 46.2 Å². The standard InChI is InChI=1S/C26H30N6O3Si/c1-17-21(14-29-15-22(17)25(27)33)18-5-6-23-20(13-18)24(26(34)30-19-7-9-28-10-8-19)31-32(23)16-35-11-12-36(2,3)4/h5-10,13-15H,11-12,16H2,1-4H3,(H2,27,33)(H,28,30,34). The van der Waals surface area contributed by atoms with Gasteiger partial charge in [0.15, 0.2) is 5.69 Å². The van der Waals surface area contributed by atoms with E-state index in [9.17, 15) is 9.59 Å². The van der Waals surface area contributed by atoms with E-state index in [1.165, 1.54) is 6.20 Å². The highest BCUT2D eigenvalue weighted by atomic mass is 28.3. The molecule has 3 heterocycles. The molecule has 2 amide bonds. The molecule has 9 nitrogen and oxygen atoms in total. The van der Waals surface area contributed by atoms with Crippen LogP contribution in [0, 0.1) is 6.92 Å². The number of rotatable bonds is 9. The molecule has 1 aromatic carbocycles. The highest BCUT2D eigenvalue weighted by Gasteiger charge is 2.20. The van der Waals surface area contributed by atoms with Gasteiger partial charge in [0.25, 0.3) is 11.8 Å². The number of anilines is 1. The van der Waals surface area contributed by atoms with Crippen LogP contribution in [0.3, 0.4) is 0 Å². The quantitative estimate of drug-likeness (QED) is 0.257. The Balaban J connectivity index is 1.73. The molecule has 0 aliphatic heterocycles. The summed E-state index contributed by atoms with van der Waals surface area (Å²) < 4.78 is 7.63. The zero-order chi connectivity index (χ0) is 25.9.